The summed E-state index contributed by atoms with van der Waals surface area (Å²) in [5.41, 5.74) is 3.11. The maximum Gasteiger partial charge on any atom is 0.255 e. The first-order chi connectivity index (χ1) is 12.5. The fourth-order valence-corrected chi connectivity index (χ4v) is 3.06. The lowest BCUT2D eigenvalue weighted by molar-refractivity contribution is 0.102. The molecule has 1 aromatic heterocycles. The van der Waals surface area contributed by atoms with Gasteiger partial charge < -0.3 is 5.32 Å². The highest BCUT2D eigenvalue weighted by Gasteiger charge is 2.13. The molecule has 0 saturated carbocycles. The molecule has 0 atom stereocenters. The van der Waals surface area contributed by atoms with E-state index in [0.717, 1.165) is 5.56 Å². The van der Waals surface area contributed by atoms with E-state index in [1.54, 1.807) is 60.9 Å². The van der Waals surface area contributed by atoms with Gasteiger partial charge in [0.15, 0.2) is 0 Å². The Bertz CT molecular complexity index is 961. The standard InChI is InChI=1S/C19H17N3O3S/c1-14-2-6-17(7-3-14)22(26(24)25)18-8-4-15(5-9-18)19(23)21-16-10-12-20-13-11-16/h2-13,26H,1H3,(H,20,21,23). The van der Waals surface area contributed by atoms with Gasteiger partial charge in [-0.15, -0.1) is 0 Å². The molecular weight excluding hydrogens is 350 g/mol. The van der Waals surface area contributed by atoms with Crippen LogP contribution in [0.25, 0.3) is 0 Å². The molecule has 0 aliphatic heterocycles. The lowest BCUT2D eigenvalue weighted by Crippen LogP contribution is -2.15. The molecule has 1 heterocycles. The predicted molar refractivity (Wildman–Crippen MR) is 102 cm³/mol. The highest BCUT2D eigenvalue weighted by molar-refractivity contribution is 7.74. The van der Waals surface area contributed by atoms with Gasteiger partial charge in [0.1, 0.15) is 0 Å². The van der Waals surface area contributed by atoms with Crippen molar-refractivity contribution in [2.24, 2.45) is 0 Å². The molecule has 0 aliphatic carbocycles. The van der Waals surface area contributed by atoms with Gasteiger partial charge in [0.2, 0.25) is 10.9 Å². The summed E-state index contributed by atoms with van der Waals surface area (Å²) in [5, 5.41) is 2.76. The normalized spacial score (nSPS) is 10.5. The smallest absolute Gasteiger partial charge is 0.255 e. The first-order valence-corrected chi connectivity index (χ1v) is 9.00. The number of hydrogen-bond acceptors (Lipinski definition) is 4. The molecule has 3 rings (SSSR count). The Balaban J connectivity index is 1.83. The maximum absolute atomic E-state index is 12.3. The first kappa shape index (κ1) is 17.6. The number of aromatic nitrogens is 1. The molecule has 0 aliphatic rings. The number of thiol groups is 1. The van der Waals surface area contributed by atoms with Gasteiger partial charge in [0, 0.05) is 23.6 Å². The summed E-state index contributed by atoms with van der Waals surface area (Å²) in [6.45, 7) is 1.93. The molecule has 0 bridgehead atoms. The second-order valence-corrected chi connectivity index (χ2v) is 6.50. The number of nitrogens with zero attached hydrogens (tertiary/aromatic N) is 2. The third-order valence-corrected chi connectivity index (χ3v) is 4.54. The van der Waals surface area contributed by atoms with Crippen LogP contribution in [0.1, 0.15) is 15.9 Å². The summed E-state index contributed by atoms with van der Waals surface area (Å²) in [4.78, 5) is 16.2. The number of carbonyl (C=O) groups excluding carboxylic acids is 1. The van der Waals surface area contributed by atoms with Crippen LogP contribution >= 0.6 is 0 Å². The zero-order valence-electron chi connectivity index (χ0n) is 14.0. The van der Waals surface area contributed by atoms with Crippen molar-refractivity contribution in [1.82, 2.24) is 4.98 Å². The van der Waals surface area contributed by atoms with Crippen LogP contribution in [0.2, 0.25) is 0 Å². The van der Waals surface area contributed by atoms with E-state index in [1.807, 2.05) is 19.1 Å². The summed E-state index contributed by atoms with van der Waals surface area (Å²) < 4.78 is 24.7. The van der Waals surface area contributed by atoms with Crippen LogP contribution in [0.5, 0.6) is 0 Å². The number of hydrogen-bond donors (Lipinski definition) is 2. The molecule has 6 nitrogen and oxygen atoms in total. The summed E-state index contributed by atoms with van der Waals surface area (Å²) >= 11 is 0. The second kappa shape index (κ2) is 7.79. The number of pyridine rings is 1. The summed E-state index contributed by atoms with van der Waals surface area (Å²) in [7, 11) is -2.86. The minimum atomic E-state index is -2.86. The van der Waals surface area contributed by atoms with Crippen LogP contribution in [0.3, 0.4) is 0 Å². The van der Waals surface area contributed by atoms with E-state index >= 15 is 0 Å². The van der Waals surface area contributed by atoms with Gasteiger partial charge in [-0.1, -0.05) is 17.7 Å². The molecule has 1 N–H and O–H groups in total. The van der Waals surface area contributed by atoms with Crippen molar-refractivity contribution in [1.29, 1.82) is 0 Å². The van der Waals surface area contributed by atoms with E-state index in [1.165, 1.54) is 4.31 Å². The molecule has 2 aromatic carbocycles. The fraction of sp³-hybridized carbons (Fsp3) is 0.0526. The molecule has 0 radical (unpaired) electrons. The zero-order chi connectivity index (χ0) is 18.5. The van der Waals surface area contributed by atoms with Crippen LogP contribution in [-0.2, 0) is 10.9 Å². The van der Waals surface area contributed by atoms with Crippen molar-refractivity contribution in [3.63, 3.8) is 0 Å². The first-order valence-electron chi connectivity index (χ1n) is 7.87. The molecule has 0 spiro atoms. The maximum atomic E-state index is 12.3. The number of aryl methyl sites for hydroxylation is 1. The lowest BCUT2D eigenvalue weighted by atomic mass is 10.1. The number of carbonyl (C=O) groups is 1. The lowest BCUT2D eigenvalue weighted by Gasteiger charge is -2.18. The summed E-state index contributed by atoms with van der Waals surface area (Å²) in [6.07, 6.45) is 3.17. The van der Waals surface area contributed by atoms with Gasteiger partial charge in [-0.2, -0.15) is 0 Å². The molecule has 0 saturated heterocycles. The van der Waals surface area contributed by atoms with Gasteiger partial charge in [0.25, 0.3) is 5.91 Å². The topological polar surface area (TPSA) is 79.4 Å². The highest BCUT2D eigenvalue weighted by Crippen LogP contribution is 2.26. The van der Waals surface area contributed by atoms with Crippen molar-refractivity contribution >= 4 is 33.9 Å². The van der Waals surface area contributed by atoms with E-state index in [4.69, 9.17) is 0 Å². The predicted octanol–water partition coefficient (Wildman–Crippen LogP) is 3.31. The number of benzene rings is 2. The number of amides is 1. The van der Waals surface area contributed by atoms with Gasteiger partial charge in [-0.25, -0.2) is 12.7 Å². The van der Waals surface area contributed by atoms with E-state index in [9.17, 15) is 13.2 Å². The molecule has 26 heavy (non-hydrogen) atoms. The SMILES string of the molecule is Cc1ccc(N(c2ccc(C(=O)Nc3ccncc3)cc2)[SH](=O)=O)cc1. The molecule has 132 valence electrons. The quantitative estimate of drug-likeness (QED) is 0.678. The highest BCUT2D eigenvalue weighted by atomic mass is 32.2. The number of rotatable bonds is 5. The van der Waals surface area contributed by atoms with Crippen LogP contribution in [0, 0.1) is 6.92 Å². The van der Waals surface area contributed by atoms with E-state index < -0.39 is 10.9 Å². The van der Waals surface area contributed by atoms with Gasteiger partial charge in [-0.05, 0) is 55.5 Å². The Labute approximate surface area is 153 Å². The Kier molecular flexibility index (Phi) is 5.28. The largest absolute Gasteiger partial charge is 0.322 e. The van der Waals surface area contributed by atoms with Crippen LogP contribution in [-0.4, -0.2) is 19.3 Å². The van der Waals surface area contributed by atoms with Crippen molar-refractivity contribution in [3.8, 4) is 0 Å². The number of nitrogens with one attached hydrogen (secondary N) is 1. The van der Waals surface area contributed by atoms with E-state index in [2.05, 4.69) is 10.3 Å². The Morgan fingerprint density at radius 3 is 1.96 bits per heavy atom. The summed E-state index contributed by atoms with van der Waals surface area (Å²) in [5.74, 6) is -0.281. The van der Waals surface area contributed by atoms with Crippen molar-refractivity contribution < 1.29 is 13.2 Å². The molecule has 7 heteroatoms. The fourth-order valence-electron chi connectivity index (χ4n) is 2.42. The van der Waals surface area contributed by atoms with Crippen LogP contribution < -0.4 is 9.62 Å². The van der Waals surface area contributed by atoms with Crippen molar-refractivity contribution in [2.75, 3.05) is 9.62 Å². The average molecular weight is 367 g/mol. The molecule has 3 aromatic rings. The number of anilines is 3. The Morgan fingerprint density at radius 1 is 0.885 bits per heavy atom. The van der Waals surface area contributed by atoms with E-state index in [-0.39, 0.29) is 5.91 Å². The third kappa shape index (κ3) is 4.07. The Hall–Kier alpha value is -3.19. The zero-order valence-corrected chi connectivity index (χ0v) is 14.9. The van der Waals surface area contributed by atoms with Crippen molar-refractivity contribution in [3.05, 3.63) is 84.2 Å². The Morgan fingerprint density at radius 2 is 1.42 bits per heavy atom. The average Bonchev–Trinajstić information content (AvgIpc) is 2.64. The van der Waals surface area contributed by atoms with E-state index in [0.29, 0.717) is 22.6 Å². The van der Waals surface area contributed by atoms with Gasteiger partial charge in [-0.3, -0.25) is 9.78 Å². The molecule has 1 amide bonds. The minimum absolute atomic E-state index is 0.281. The monoisotopic (exact) mass is 367 g/mol. The van der Waals surface area contributed by atoms with Gasteiger partial charge in [0.05, 0.1) is 11.4 Å². The molecule has 0 unspecified atom stereocenters. The second-order valence-electron chi connectivity index (χ2n) is 5.62. The molecular formula is C19H17N3O3S. The van der Waals surface area contributed by atoms with Crippen LogP contribution in [0.4, 0.5) is 17.1 Å². The summed E-state index contributed by atoms with van der Waals surface area (Å²) in [6, 6.07) is 16.9. The molecule has 0 fully saturated rings. The van der Waals surface area contributed by atoms with Crippen molar-refractivity contribution in [2.45, 2.75) is 6.92 Å². The van der Waals surface area contributed by atoms with Crippen LogP contribution in [0.15, 0.2) is 73.1 Å². The third-order valence-electron chi connectivity index (χ3n) is 3.75. The minimum Gasteiger partial charge on any atom is -0.322 e. The van der Waals surface area contributed by atoms with Gasteiger partial charge >= 0.3 is 0 Å².